The molecule has 2 aromatic heterocycles. The van der Waals surface area contributed by atoms with E-state index in [1.807, 2.05) is 11.6 Å². The van der Waals surface area contributed by atoms with Gasteiger partial charge in [0.1, 0.15) is 16.6 Å². The van der Waals surface area contributed by atoms with E-state index < -0.39 is 6.36 Å². The Morgan fingerprint density at radius 3 is 2.60 bits per heavy atom. The van der Waals surface area contributed by atoms with Crippen LogP contribution >= 0.6 is 11.5 Å². The van der Waals surface area contributed by atoms with Crippen molar-refractivity contribution >= 4 is 22.5 Å². The summed E-state index contributed by atoms with van der Waals surface area (Å²) < 4.78 is 49.6. The van der Waals surface area contributed by atoms with Crippen molar-refractivity contribution in [3.8, 4) is 5.75 Å². The fourth-order valence-electron chi connectivity index (χ4n) is 5.98. The summed E-state index contributed by atoms with van der Waals surface area (Å²) in [7, 11) is 0. The number of piperidine rings is 1. The van der Waals surface area contributed by atoms with E-state index in [1.165, 1.54) is 11.1 Å². The van der Waals surface area contributed by atoms with Gasteiger partial charge in [-0.15, -0.1) is 18.3 Å². The van der Waals surface area contributed by atoms with Crippen LogP contribution in [0.1, 0.15) is 48.7 Å². The molecule has 1 aromatic carbocycles. The Bertz CT molecular complexity index is 1200. The van der Waals surface area contributed by atoms with E-state index in [2.05, 4.69) is 25.4 Å². The second-order valence-corrected chi connectivity index (χ2v) is 10.6. The Kier molecular flexibility index (Phi) is 5.62. The number of anilines is 2. The lowest BCUT2D eigenvalue weighted by molar-refractivity contribution is -0.275. The molecule has 186 valence electrons. The number of benzene rings is 1. The van der Waals surface area contributed by atoms with Crippen LogP contribution in [-0.2, 0) is 6.54 Å². The smallest absolute Gasteiger partial charge is 0.405 e. The molecule has 4 heterocycles. The molecule has 3 aliphatic rings. The summed E-state index contributed by atoms with van der Waals surface area (Å²) in [6.07, 6.45) is -0.895. The summed E-state index contributed by atoms with van der Waals surface area (Å²) in [6.45, 7) is 4.69. The maximum atomic E-state index is 13.0. The Hall–Kier alpha value is -2.82. The fraction of sp³-hybridized carbons (Fsp3) is 0.542. The molecule has 1 aliphatic carbocycles. The zero-order valence-electron chi connectivity index (χ0n) is 19.3. The monoisotopic (exact) mass is 504 g/mol. The van der Waals surface area contributed by atoms with Gasteiger partial charge in [0.25, 0.3) is 0 Å². The lowest BCUT2D eigenvalue weighted by Crippen LogP contribution is -2.48. The number of nitrogens with zero attached hydrogens (tertiary/aromatic N) is 5. The predicted molar refractivity (Wildman–Crippen MR) is 127 cm³/mol. The van der Waals surface area contributed by atoms with Crippen LogP contribution in [0, 0.1) is 18.8 Å². The van der Waals surface area contributed by atoms with Gasteiger partial charge in [-0.25, -0.2) is 4.68 Å². The van der Waals surface area contributed by atoms with Gasteiger partial charge in [-0.2, -0.15) is 9.36 Å². The van der Waals surface area contributed by atoms with Crippen molar-refractivity contribution < 1.29 is 17.9 Å². The van der Waals surface area contributed by atoms with Crippen LogP contribution in [0.3, 0.4) is 0 Å². The van der Waals surface area contributed by atoms with Gasteiger partial charge in [0, 0.05) is 37.2 Å². The maximum Gasteiger partial charge on any atom is 0.573 e. The second kappa shape index (κ2) is 8.69. The summed E-state index contributed by atoms with van der Waals surface area (Å²) in [5, 5.41) is 9.55. The molecule has 6 rings (SSSR count). The Labute approximate surface area is 205 Å². The maximum absolute atomic E-state index is 13.0. The summed E-state index contributed by atoms with van der Waals surface area (Å²) in [5.41, 5.74) is 1.56. The SMILES string of the molecule is Cc1cc(N2C[C@H]3CC[C@@H](C2)C3Nc2nc3n(n2)CCCC3c2ccccc2OC(F)(F)F)sn1. The molecular weight excluding hydrogens is 477 g/mol. The number of ether oxygens (including phenoxy) is 1. The third kappa shape index (κ3) is 4.46. The van der Waals surface area contributed by atoms with Crippen LogP contribution < -0.4 is 15.0 Å². The van der Waals surface area contributed by atoms with E-state index in [0.717, 1.165) is 38.0 Å². The van der Waals surface area contributed by atoms with Crippen LogP contribution in [0.4, 0.5) is 24.1 Å². The number of para-hydroxylation sites is 1. The number of nitrogens with one attached hydrogen (secondary N) is 1. The largest absolute Gasteiger partial charge is 0.573 e. The van der Waals surface area contributed by atoms with E-state index in [9.17, 15) is 13.2 Å². The molecule has 4 atom stereocenters. The zero-order valence-corrected chi connectivity index (χ0v) is 20.1. The summed E-state index contributed by atoms with van der Waals surface area (Å²) in [5.74, 6) is 1.80. The molecule has 0 amide bonds. The molecular formula is C24H27F3N6OS. The number of hydrogen-bond donors (Lipinski definition) is 1. The van der Waals surface area contributed by atoms with Crippen molar-refractivity contribution in [1.82, 2.24) is 19.1 Å². The lowest BCUT2D eigenvalue weighted by atomic mass is 9.90. The molecule has 35 heavy (non-hydrogen) atoms. The van der Waals surface area contributed by atoms with Crippen molar-refractivity contribution in [3.63, 3.8) is 0 Å². The van der Waals surface area contributed by atoms with Gasteiger partial charge in [-0.3, -0.25) is 0 Å². The van der Waals surface area contributed by atoms with Gasteiger partial charge in [-0.1, -0.05) is 18.2 Å². The molecule has 1 saturated heterocycles. The number of hydrogen-bond acceptors (Lipinski definition) is 7. The number of aryl methyl sites for hydroxylation is 2. The highest BCUT2D eigenvalue weighted by molar-refractivity contribution is 7.10. The van der Waals surface area contributed by atoms with Crippen molar-refractivity contribution in [2.75, 3.05) is 23.3 Å². The van der Waals surface area contributed by atoms with Crippen LogP contribution in [0.25, 0.3) is 0 Å². The van der Waals surface area contributed by atoms with Crippen molar-refractivity contribution in [1.29, 1.82) is 0 Å². The molecule has 3 aromatic rings. The van der Waals surface area contributed by atoms with Crippen LogP contribution in [0.15, 0.2) is 30.3 Å². The van der Waals surface area contributed by atoms with Crippen molar-refractivity contribution in [2.24, 2.45) is 11.8 Å². The van der Waals surface area contributed by atoms with E-state index in [0.29, 0.717) is 48.2 Å². The summed E-state index contributed by atoms with van der Waals surface area (Å²) in [4.78, 5) is 7.25. The Balaban J connectivity index is 1.21. The van der Waals surface area contributed by atoms with Gasteiger partial charge >= 0.3 is 6.36 Å². The molecule has 11 heteroatoms. The molecule has 2 fully saturated rings. The lowest BCUT2D eigenvalue weighted by Gasteiger charge is -2.38. The molecule has 7 nitrogen and oxygen atoms in total. The van der Waals surface area contributed by atoms with Gasteiger partial charge in [0.05, 0.1) is 5.69 Å². The first-order chi connectivity index (χ1) is 16.8. The molecule has 2 aliphatic heterocycles. The quantitative estimate of drug-likeness (QED) is 0.516. The third-order valence-electron chi connectivity index (χ3n) is 7.45. The van der Waals surface area contributed by atoms with Crippen LogP contribution in [0.5, 0.6) is 5.75 Å². The molecule has 0 spiro atoms. The van der Waals surface area contributed by atoms with Gasteiger partial charge in [-0.05, 0) is 68.1 Å². The third-order valence-corrected chi connectivity index (χ3v) is 8.39. The van der Waals surface area contributed by atoms with Gasteiger partial charge in [0.2, 0.25) is 5.95 Å². The minimum atomic E-state index is -4.74. The number of fused-ring (bicyclic) bond motifs is 3. The van der Waals surface area contributed by atoms with Crippen molar-refractivity contribution in [2.45, 2.75) is 57.5 Å². The molecule has 2 unspecified atom stereocenters. The zero-order chi connectivity index (χ0) is 24.2. The number of rotatable bonds is 5. The van der Waals surface area contributed by atoms with E-state index in [-0.39, 0.29) is 11.7 Å². The first-order valence-corrected chi connectivity index (χ1v) is 12.9. The minimum absolute atomic E-state index is 0.167. The number of alkyl halides is 3. The number of aromatic nitrogens is 4. The summed E-state index contributed by atoms with van der Waals surface area (Å²) >= 11 is 1.56. The molecule has 1 N–H and O–H groups in total. The van der Waals surface area contributed by atoms with E-state index >= 15 is 0 Å². The van der Waals surface area contributed by atoms with Crippen LogP contribution in [-0.4, -0.2) is 44.6 Å². The van der Waals surface area contributed by atoms with Gasteiger partial charge in [0.15, 0.2) is 0 Å². The van der Waals surface area contributed by atoms with E-state index in [4.69, 9.17) is 10.1 Å². The topological polar surface area (TPSA) is 68.1 Å². The summed E-state index contributed by atoms with van der Waals surface area (Å²) in [6, 6.07) is 8.81. The molecule has 1 saturated carbocycles. The Morgan fingerprint density at radius 1 is 1.11 bits per heavy atom. The first kappa shape index (κ1) is 22.6. The standard InChI is InChI=1S/C24H27F3N6OS/c1-14-11-20(35-31-14)32-12-15-8-9-16(13-32)21(15)28-23-29-22-18(6-4-10-33(22)30-23)17-5-2-3-7-19(17)34-24(25,26)27/h2-3,5,7,11,15-16,18,21H,4,6,8-10,12-13H2,1H3,(H,28,30)/t15-,16+,18?,21?. The predicted octanol–water partition coefficient (Wildman–Crippen LogP) is 5.19. The van der Waals surface area contributed by atoms with Gasteiger partial charge < -0.3 is 15.0 Å². The average Bonchev–Trinajstić information content (AvgIpc) is 3.48. The average molecular weight is 505 g/mol. The van der Waals surface area contributed by atoms with Crippen molar-refractivity contribution in [3.05, 3.63) is 47.4 Å². The second-order valence-electron chi connectivity index (χ2n) is 9.78. The van der Waals surface area contributed by atoms with E-state index in [1.54, 1.807) is 29.7 Å². The molecule has 0 radical (unpaired) electrons. The fourth-order valence-corrected chi connectivity index (χ4v) is 6.76. The minimum Gasteiger partial charge on any atom is -0.405 e. The van der Waals surface area contributed by atoms with Crippen LogP contribution in [0.2, 0.25) is 0 Å². The highest BCUT2D eigenvalue weighted by atomic mass is 32.1. The molecule has 2 bridgehead atoms. The normalized spacial score (nSPS) is 26.0. The Morgan fingerprint density at radius 2 is 1.89 bits per heavy atom. The highest BCUT2D eigenvalue weighted by Crippen LogP contribution is 2.42. The first-order valence-electron chi connectivity index (χ1n) is 12.1. The highest BCUT2D eigenvalue weighted by Gasteiger charge is 2.43. The number of halogens is 3.